The molecule has 2 N–H and O–H groups in total. The summed E-state index contributed by atoms with van der Waals surface area (Å²) in [7, 11) is 0. The van der Waals surface area contributed by atoms with Gasteiger partial charge in [-0.1, -0.05) is 6.92 Å². The van der Waals surface area contributed by atoms with Crippen molar-refractivity contribution in [1.82, 2.24) is 0 Å². The maximum Gasteiger partial charge on any atom is 0.303 e. The fourth-order valence-corrected chi connectivity index (χ4v) is 0. The molecule has 0 heterocycles. The molecule has 0 amide bonds. The predicted molar refractivity (Wildman–Crippen MR) is 38.6 cm³/mol. The Morgan fingerprint density at radius 1 is 1.78 bits per heavy atom. The third kappa shape index (κ3) is 82.0. The monoisotopic (exact) mass is 152 g/mol. The van der Waals surface area contributed by atoms with Crippen LogP contribution >= 0.6 is 12.6 Å². The van der Waals surface area contributed by atoms with Gasteiger partial charge >= 0.3 is 5.97 Å². The molecule has 0 radical (unpaired) electrons. The van der Waals surface area contributed by atoms with Crippen molar-refractivity contribution in [3.8, 4) is 0 Å². The first-order valence-electron chi connectivity index (χ1n) is 2.58. The number of carbonyl (C=O) groups is 1. The highest BCUT2D eigenvalue weighted by Gasteiger charge is 1.80. The molecule has 3 nitrogen and oxygen atoms in total. The molecule has 0 saturated carbocycles. The lowest BCUT2D eigenvalue weighted by atomic mass is 10.5. The summed E-state index contributed by atoms with van der Waals surface area (Å²) < 4.78 is 0. The molecule has 0 fully saturated rings. The van der Waals surface area contributed by atoms with Crippen molar-refractivity contribution in [2.45, 2.75) is 25.7 Å². The van der Waals surface area contributed by atoms with Crippen molar-refractivity contribution in [3.05, 3.63) is 0 Å². The van der Waals surface area contributed by atoms with Crippen LogP contribution in [0.1, 0.15) is 20.3 Å². The molecule has 9 heavy (non-hydrogen) atoms. The first-order chi connectivity index (χ1) is 4.00. The van der Waals surface area contributed by atoms with Crippen LogP contribution in [0.3, 0.4) is 0 Å². The van der Waals surface area contributed by atoms with Crippen LogP contribution in [0.4, 0.5) is 0 Å². The van der Waals surface area contributed by atoms with Gasteiger partial charge < -0.3 is 10.2 Å². The van der Waals surface area contributed by atoms with Crippen molar-refractivity contribution >= 4 is 18.6 Å². The zero-order valence-corrected chi connectivity index (χ0v) is 6.43. The molecular weight excluding hydrogens is 140 g/mol. The van der Waals surface area contributed by atoms with Crippen LogP contribution in [-0.4, -0.2) is 21.6 Å². The van der Waals surface area contributed by atoms with Gasteiger partial charge in [-0.05, 0) is 6.92 Å². The quantitative estimate of drug-likeness (QED) is 0.383. The number of rotatable bonds is 1. The lowest BCUT2D eigenvalue weighted by Crippen LogP contribution is -1.86. The third-order valence-electron chi connectivity index (χ3n) is 0.302. The summed E-state index contributed by atoms with van der Waals surface area (Å²) in [6, 6.07) is 0. The van der Waals surface area contributed by atoms with Gasteiger partial charge in [-0.2, -0.15) is 0 Å². The van der Waals surface area contributed by atoms with Crippen LogP contribution in [0, 0.1) is 0 Å². The summed E-state index contributed by atoms with van der Waals surface area (Å²) in [5, 5.41) is 15.6. The Hall–Kier alpha value is -0.220. The predicted octanol–water partition coefficient (Wildman–Crippen LogP) is 0.736. The largest absolute Gasteiger partial charge is 0.481 e. The number of carboxylic acid groups (broad SMARTS) is 1. The summed E-state index contributed by atoms with van der Waals surface area (Å²) in [6.07, 6.45) is 0.222. The van der Waals surface area contributed by atoms with Gasteiger partial charge in [0, 0.05) is 6.42 Å². The second-order valence-corrected chi connectivity index (χ2v) is 2.13. The molecule has 0 aromatic heterocycles. The summed E-state index contributed by atoms with van der Waals surface area (Å²) >= 11 is 3.52. The fraction of sp³-hybridized carbons (Fsp3) is 0.800. The smallest absolute Gasteiger partial charge is 0.303 e. The molecule has 0 aliphatic carbocycles. The Morgan fingerprint density at radius 3 is 1.89 bits per heavy atom. The van der Waals surface area contributed by atoms with E-state index < -0.39 is 11.4 Å². The van der Waals surface area contributed by atoms with Gasteiger partial charge in [0.2, 0.25) is 0 Å². The van der Waals surface area contributed by atoms with Gasteiger partial charge in [0.1, 0.15) is 0 Å². The van der Waals surface area contributed by atoms with Crippen molar-refractivity contribution in [2.24, 2.45) is 0 Å². The Kier molecular flexibility index (Phi) is 9.99. The molecule has 0 saturated heterocycles. The molecule has 0 rings (SSSR count). The van der Waals surface area contributed by atoms with Crippen LogP contribution < -0.4 is 0 Å². The number of hydrogen-bond acceptors (Lipinski definition) is 3. The van der Waals surface area contributed by atoms with Crippen molar-refractivity contribution in [1.29, 1.82) is 0 Å². The maximum atomic E-state index is 9.37. The van der Waals surface area contributed by atoms with E-state index in [0.29, 0.717) is 0 Å². The Balaban J connectivity index is 0. The fourth-order valence-electron chi connectivity index (χ4n) is 0. The molecule has 0 bridgehead atoms. The van der Waals surface area contributed by atoms with Gasteiger partial charge in [0.05, 0.1) is 5.44 Å². The van der Waals surface area contributed by atoms with Crippen LogP contribution in [0.2, 0.25) is 0 Å². The van der Waals surface area contributed by atoms with Crippen LogP contribution in [-0.2, 0) is 4.79 Å². The molecule has 1 unspecified atom stereocenters. The van der Waals surface area contributed by atoms with E-state index in [1.54, 1.807) is 13.8 Å². The Morgan fingerprint density at radius 2 is 1.89 bits per heavy atom. The van der Waals surface area contributed by atoms with Gasteiger partial charge in [0.25, 0.3) is 0 Å². The minimum absolute atomic E-state index is 0.222. The normalized spacial score (nSPS) is 11.1. The molecule has 0 aliphatic heterocycles. The van der Waals surface area contributed by atoms with E-state index in [-0.39, 0.29) is 6.42 Å². The minimum Gasteiger partial charge on any atom is -0.481 e. The van der Waals surface area contributed by atoms with Gasteiger partial charge in [0.15, 0.2) is 0 Å². The first-order valence-corrected chi connectivity index (χ1v) is 3.10. The van der Waals surface area contributed by atoms with Crippen molar-refractivity contribution in [2.75, 3.05) is 0 Å². The van der Waals surface area contributed by atoms with E-state index in [1.165, 1.54) is 0 Å². The molecule has 0 aromatic rings. The Labute approximate surface area is 60.1 Å². The van der Waals surface area contributed by atoms with Gasteiger partial charge in [-0.25, -0.2) is 0 Å². The number of hydrogen-bond donors (Lipinski definition) is 3. The zero-order chi connectivity index (χ0) is 7.86. The first kappa shape index (κ1) is 11.6. The summed E-state index contributed by atoms with van der Waals surface area (Å²) in [5.41, 5.74) is -0.472. The average molecular weight is 152 g/mol. The summed E-state index contributed by atoms with van der Waals surface area (Å²) in [6.45, 7) is 3.19. The SMILES string of the molecule is CC(O)S.CCC(=O)O. The number of thiol groups is 1. The van der Waals surface area contributed by atoms with Crippen LogP contribution in [0.5, 0.6) is 0 Å². The van der Waals surface area contributed by atoms with Crippen LogP contribution in [0.15, 0.2) is 0 Å². The summed E-state index contributed by atoms with van der Waals surface area (Å²) in [4.78, 5) is 9.37. The van der Waals surface area contributed by atoms with E-state index in [0.717, 1.165) is 0 Å². The number of carboxylic acids is 1. The summed E-state index contributed by atoms with van der Waals surface area (Å²) in [5.74, 6) is -0.745. The molecule has 0 aliphatic rings. The highest BCUT2D eigenvalue weighted by Crippen LogP contribution is 1.78. The second-order valence-electron chi connectivity index (χ2n) is 1.38. The molecule has 4 heteroatoms. The number of aliphatic carboxylic acids is 1. The maximum absolute atomic E-state index is 9.37. The minimum atomic E-state index is -0.745. The number of aliphatic hydroxyl groups excluding tert-OH is 1. The topological polar surface area (TPSA) is 57.5 Å². The van der Waals surface area contributed by atoms with E-state index in [4.69, 9.17) is 10.2 Å². The van der Waals surface area contributed by atoms with E-state index >= 15 is 0 Å². The van der Waals surface area contributed by atoms with Crippen LogP contribution in [0.25, 0.3) is 0 Å². The average Bonchev–Trinajstić information content (AvgIpc) is 1.65. The zero-order valence-electron chi connectivity index (χ0n) is 5.53. The van der Waals surface area contributed by atoms with Crippen molar-refractivity contribution in [3.63, 3.8) is 0 Å². The van der Waals surface area contributed by atoms with E-state index in [2.05, 4.69) is 12.6 Å². The Bertz CT molecular complexity index is 69.8. The highest BCUT2D eigenvalue weighted by molar-refractivity contribution is 7.80. The van der Waals surface area contributed by atoms with E-state index in [9.17, 15) is 4.79 Å². The van der Waals surface area contributed by atoms with Gasteiger partial charge in [-0.15, -0.1) is 12.6 Å². The molecule has 0 spiro atoms. The highest BCUT2D eigenvalue weighted by atomic mass is 32.1. The lowest BCUT2D eigenvalue weighted by Gasteiger charge is -1.79. The standard InChI is InChI=1S/C3H6O2.C2H6OS/c1-2-3(4)5;1-2(3)4/h2H2,1H3,(H,4,5);2-4H,1H3. The molecule has 1 atom stereocenters. The third-order valence-corrected chi connectivity index (χ3v) is 0.302. The lowest BCUT2D eigenvalue weighted by molar-refractivity contribution is -0.136. The molecule has 56 valence electrons. The van der Waals surface area contributed by atoms with E-state index in [1.807, 2.05) is 0 Å². The van der Waals surface area contributed by atoms with Gasteiger partial charge in [-0.3, -0.25) is 4.79 Å². The number of aliphatic hydroxyl groups is 1. The second kappa shape index (κ2) is 7.78. The molecular formula is C5H12O3S. The van der Waals surface area contributed by atoms with Crippen molar-refractivity contribution < 1.29 is 15.0 Å². The molecule has 0 aromatic carbocycles.